The summed E-state index contributed by atoms with van der Waals surface area (Å²) in [6.45, 7) is 0. The van der Waals surface area contributed by atoms with Crippen LogP contribution in [0.1, 0.15) is 36.4 Å². The maximum absolute atomic E-state index is 12.6. The van der Waals surface area contributed by atoms with Crippen molar-refractivity contribution in [2.75, 3.05) is 0 Å². The Labute approximate surface area is 168 Å². The Bertz CT molecular complexity index is 883. The van der Waals surface area contributed by atoms with Crippen LogP contribution in [0.15, 0.2) is 62.6 Å². The van der Waals surface area contributed by atoms with E-state index in [-0.39, 0.29) is 24.8 Å². The van der Waals surface area contributed by atoms with Crippen molar-refractivity contribution in [3.05, 3.63) is 68.6 Å². The average molecular weight is 480 g/mol. The van der Waals surface area contributed by atoms with Gasteiger partial charge in [0.2, 0.25) is 5.91 Å². The highest BCUT2D eigenvalue weighted by Crippen LogP contribution is 2.34. The Morgan fingerprint density at radius 1 is 1.08 bits per heavy atom. The van der Waals surface area contributed by atoms with E-state index in [1.165, 1.54) is 5.01 Å². The molecular weight excluding hydrogens is 464 g/mol. The zero-order valence-corrected chi connectivity index (χ0v) is 16.9. The largest absolute Gasteiger partial charge is 0.481 e. The number of aliphatic carboxylic acids is 1. The summed E-state index contributed by atoms with van der Waals surface area (Å²) in [5.74, 6) is -1.28. The standard InChI is InChI=1S/C19H16Br2N2O3/c20-14-5-1-3-12(9-14)16-11-17(13-4-2-6-15(21)10-13)23(22-16)18(24)7-8-19(25)26/h1-6,9-10,17H,7-8,11H2,(H,25,26)/t17-/m1/s1. The average Bonchev–Trinajstić information content (AvgIpc) is 3.05. The maximum Gasteiger partial charge on any atom is 0.303 e. The van der Waals surface area contributed by atoms with Gasteiger partial charge in [-0.3, -0.25) is 9.59 Å². The van der Waals surface area contributed by atoms with Crippen LogP contribution in [0.25, 0.3) is 0 Å². The number of benzene rings is 2. The SMILES string of the molecule is O=C(O)CCC(=O)N1N=C(c2cccc(Br)c2)C[C@@H]1c1cccc(Br)c1. The second-order valence-electron chi connectivity index (χ2n) is 5.96. The molecule has 3 rings (SSSR count). The fourth-order valence-electron chi connectivity index (χ4n) is 2.88. The number of carboxylic acid groups (broad SMARTS) is 1. The number of halogens is 2. The lowest BCUT2D eigenvalue weighted by molar-refractivity contribution is -0.141. The van der Waals surface area contributed by atoms with Crippen molar-refractivity contribution in [3.8, 4) is 0 Å². The first kappa shape index (κ1) is 18.8. The number of carboxylic acids is 1. The van der Waals surface area contributed by atoms with Crippen LogP contribution in [-0.2, 0) is 9.59 Å². The van der Waals surface area contributed by atoms with E-state index in [2.05, 4.69) is 37.0 Å². The number of rotatable bonds is 5. The number of hydrogen-bond donors (Lipinski definition) is 1. The second kappa shape index (κ2) is 8.14. The monoisotopic (exact) mass is 478 g/mol. The van der Waals surface area contributed by atoms with Crippen molar-refractivity contribution in [1.29, 1.82) is 0 Å². The van der Waals surface area contributed by atoms with Crippen molar-refractivity contribution in [3.63, 3.8) is 0 Å². The van der Waals surface area contributed by atoms with Crippen LogP contribution in [0.2, 0.25) is 0 Å². The van der Waals surface area contributed by atoms with Gasteiger partial charge in [-0.15, -0.1) is 0 Å². The summed E-state index contributed by atoms with van der Waals surface area (Å²) < 4.78 is 1.86. The van der Waals surface area contributed by atoms with Gasteiger partial charge in [0.05, 0.1) is 18.2 Å². The molecule has 0 aliphatic carbocycles. The molecule has 26 heavy (non-hydrogen) atoms. The van der Waals surface area contributed by atoms with Gasteiger partial charge >= 0.3 is 5.97 Å². The molecule has 0 saturated heterocycles. The van der Waals surface area contributed by atoms with Gasteiger partial charge in [-0.2, -0.15) is 5.10 Å². The Morgan fingerprint density at radius 2 is 1.77 bits per heavy atom. The lowest BCUT2D eigenvalue weighted by atomic mass is 9.98. The molecule has 0 aromatic heterocycles. The highest BCUT2D eigenvalue weighted by Gasteiger charge is 2.33. The van der Waals surface area contributed by atoms with Crippen molar-refractivity contribution in [1.82, 2.24) is 5.01 Å². The molecule has 2 aromatic rings. The van der Waals surface area contributed by atoms with Gasteiger partial charge in [0, 0.05) is 21.8 Å². The molecule has 1 heterocycles. The first-order chi connectivity index (χ1) is 12.4. The van der Waals surface area contributed by atoms with E-state index in [0.717, 1.165) is 25.8 Å². The minimum absolute atomic E-state index is 0.0743. The van der Waals surface area contributed by atoms with Crippen LogP contribution >= 0.6 is 31.9 Å². The van der Waals surface area contributed by atoms with Gasteiger partial charge in [-0.1, -0.05) is 56.1 Å². The summed E-state index contributed by atoms with van der Waals surface area (Å²) in [5, 5.41) is 14.8. The molecule has 2 aromatic carbocycles. The Hall–Kier alpha value is -1.99. The lowest BCUT2D eigenvalue weighted by Gasteiger charge is -2.22. The molecule has 0 fully saturated rings. The van der Waals surface area contributed by atoms with E-state index in [1.54, 1.807) is 0 Å². The third-order valence-electron chi connectivity index (χ3n) is 4.11. The molecule has 134 valence electrons. The van der Waals surface area contributed by atoms with Crippen LogP contribution in [0, 0.1) is 0 Å². The summed E-state index contributed by atoms with van der Waals surface area (Å²) in [5.41, 5.74) is 2.70. The van der Waals surface area contributed by atoms with Gasteiger partial charge in [-0.05, 0) is 35.4 Å². The summed E-state index contributed by atoms with van der Waals surface area (Å²) in [7, 11) is 0. The summed E-state index contributed by atoms with van der Waals surface area (Å²) in [6.07, 6.45) is 0.295. The van der Waals surface area contributed by atoms with Crippen molar-refractivity contribution in [2.45, 2.75) is 25.3 Å². The molecule has 1 N–H and O–H groups in total. The van der Waals surface area contributed by atoms with E-state index in [1.807, 2.05) is 48.5 Å². The van der Waals surface area contributed by atoms with Crippen molar-refractivity contribution in [2.24, 2.45) is 5.10 Å². The second-order valence-corrected chi connectivity index (χ2v) is 7.80. The van der Waals surface area contributed by atoms with Crippen molar-refractivity contribution < 1.29 is 14.7 Å². The Kier molecular flexibility index (Phi) is 5.88. The molecule has 0 bridgehead atoms. The van der Waals surface area contributed by atoms with Gasteiger partial charge in [0.25, 0.3) is 0 Å². The zero-order valence-electron chi connectivity index (χ0n) is 13.7. The molecule has 1 amide bonds. The van der Waals surface area contributed by atoms with E-state index in [9.17, 15) is 9.59 Å². The molecule has 1 aliphatic heterocycles. The Morgan fingerprint density at radius 3 is 2.42 bits per heavy atom. The number of carbonyl (C=O) groups excluding carboxylic acids is 1. The third-order valence-corrected chi connectivity index (χ3v) is 5.10. The van der Waals surface area contributed by atoms with E-state index < -0.39 is 5.97 Å². The maximum atomic E-state index is 12.6. The van der Waals surface area contributed by atoms with E-state index in [4.69, 9.17) is 5.11 Å². The fourth-order valence-corrected chi connectivity index (χ4v) is 3.70. The number of hydrazone groups is 1. The van der Waals surface area contributed by atoms with Gasteiger partial charge in [0.1, 0.15) is 0 Å². The molecule has 1 atom stereocenters. The highest BCUT2D eigenvalue weighted by molar-refractivity contribution is 9.10. The van der Waals surface area contributed by atoms with E-state index >= 15 is 0 Å². The molecular formula is C19H16Br2N2O3. The Balaban J connectivity index is 1.93. The number of amides is 1. The minimum Gasteiger partial charge on any atom is -0.481 e. The molecule has 5 nitrogen and oxygen atoms in total. The minimum atomic E-state index is -0.993. The normalized spacial score (nSPS) is 16.5. The molecule has 0 spiro atoms. The molecule has 0 unspecified atom stereocenters. The first-order valence-corrected chi connectivity index (χ1v) is 9.65. The van der Waals surface area contributed by atoms with Crippen molar-refractivity contribution >= 4 is 49.4 Å². The van der Waals surface area contributed by atoms with Crippen LogP contribution in [0.3, 0.4) is 0 Å². The van der Waals surface area contributed by atoms with Gasteiger partial charge < -0.3 is 5.11 Å². The van der Waals surface area contributed by atoms with Crippen LogP contribution in [-0.4, -0.2) is 27.7 Å². The summed E-state index contributed by atoms with van der Waals surface area (Å²) >= 11 is 6.92. The summed E-state index contributed by atoms with van der Waals surface area (Å²) in [6, 6.07) is 15.3. The smallest absolute Gasteiger partial charge is 0.303 e. The molecule has 0 radical (unpaired) electrons. The molecule has 0 saturated carbocycles. The summed E-state index contributed by atoms with van der Waals surface area (Å²) in [4.78, 5) is 23.4. The quantitative estimate of drug-likeness (QED) is 0.672. The number of hydrogen-bond acceptors (Lipinski definition) is 3. The van der Waals surface area contributed by atoms with Gasteiger partial charge in [0.15, 0.2) is 0 Å². The fraction of sp³-hybridized carbons (Fsp3) is 0.211. The lowest BCUT2D eigenvalue weighted by Crippen LogP contribution is -2.27. The number of nitrogens with zero attached hydrogens (tertiary/aromatic N) is 2. The van der Waals surface area contributed by atoms with Crippen LogP contribution in [0.5, 0.6) is 0 Å². The topological polar surface area (TPSA) is 70.0 Å². The predicted octanol–water partition coefficient (Wildman–Crippen LogP) is 4.75. The van der Waals surface area contributed by atoms with E-state index in [0.29, 0.717) is 6.42 Å². The zero-order chi connectivity index (χ0) is 18.7. The predicted molar refractivity (Wildman–Crippen MR) is 106 cm³/mol. The highest BCUT2D eigenvalue weighted by atomic mass is 79.9. The van der Waals surface area contributed by atoms with Crippen LogP contribution in [0.4, 0.5) is 0 Å². The van der Waals surface area contributed by atoms with Crippen LogP contribution < -0.4 is 0 Å². The van der Waals surface area contributed by atoms with Gasteiger partial charge in [-0.25, -0.2) is 5.01 Å². The molecule has 7 heteroatoms. The molecule has 1 aliphatic rings. The number of carbonyl (C=O) groups is 2. The third kappa shape index (κ3) is 4.40. The first-order valence-electron chi connectivity index (χ1n) is 8.07.